The predicted octanol–water partition coefficient (Wildman–Crippen LogP) is 3.20. The Morgan fingerprint density at radius 3 is 2.53 bits per heavy atom. The molecule has 2 rings (SSSR count). The summed E-state index contributed by atoms with van der Waals surface area (Å²) < 4.78 is 5.41. The van der Waals surface area contributed by atoms with Crippen molar-refractivity contribution in [1.82, 2.24) is 0 Å². The summed E-state index contributed by atoms with van der Waals surface area (Å²) in [4.78, 5) is 1.39. The lowest BCUT2D eigenvalue weighted by molar-refractivity contribution is 0.128. The van der Waals surface area contributed by atoms with Crippen LogP contribution >= 0.6 is 11.8 Å². The van der Waals surface area contributed by atoms with Gasteiger partial charge in [-0.15, -0.1) is 11.8 Å². The first-order valence-electron chi connectivity index (χ1n) is 6.42. The Labute approximate surface area is 108 Å². The van der Waals surface area contributed by atoms with E-state index in [1.165, 1.54) is 36.1 Å². The van der Waals surface area contributed by atoms with E-state index in [2.05, 4.69) is 24.3 Å². The number of benzene rings is 1. The summed E-state index contributed by atoms with van der Waals surface area (Å²) in [7, 11) is 0. The second-order valence-electron chi connectivity index (χ2n) is 4.51. The molecule has 0 amide bonds. The summed E-state index contributed by atoms with van der Waals surface area (Å²) in [6, 6.07) is 8.75. The molecule has 1 fully saturated rings. The van der Waals surface area contributed by atoms with Crippen molar-refractivity contribution in [2.24, 2.45) is 5.73 Å². The largest absolute Gasteiger partial charge is 0.375 e. The monoisotopic (exact) mass is 251 g/mol. The highest BCUT2D eigenvalue weighted by Gasteiger charge is 2.15. The van der Waals surface area contributed by atoms with E-state index >= 15 is 0 Å². The Hall–Kier alpha value is -0.510. The molecule has 2 nitrogen and oxygen atoms in total. The van der Waals surface area contributed by atoms with Gasteiger partial charge in [-0.25, -0.2) is 0 Å². The van der Waals surface area contributed by atoms with Gasteiger partial charge in [0.1, 0.15) is 0 Å². The molecule has 0 saturated heterocycles. The van der Waals surface area contributed by atoms with Crippen LogP contribution in [-0.2, 0) is 11.3 Å². The number of ether oxygens (including phenoxy) is 1. The fraction of sp³-hybridized carbons (Fsp3) is 0.571. The smallest absolute Gasteiger partial charge is 0.0717 e. The van der Waals surface area contributed by atoms with Crippen LogP contribution < -0.4 is 5.73 Å². The third-order valence-electron chi connectivity index (χ3n) is 3.06. The molecule has 94 valence electrons. The molecule has 0 aromatic heterocycles. The summed E-state index contributed by atoms with van der Waals surface area (Å²) in [5.41, 5.74) is 6.61. The van der Waals surface area contributed by atoms with Gasteiger partial charge in [-0.1, -0.05) is 25.0 Å². The lowest BCUT2D eigenvalue weighted by Gasteiger charge is -2.09. The zero-order valence-corrected chi connectivity index (χ0v) is 11.0. The summed E-state index contributed by atoms with van der Waals surface area (Å²) in [5.74, 6) is 0. The molecule has 1 aliphatic rings. The molecule has 0 aliphatic heterocycles. The zero-order valence-electron chi connectivity index (χ0n) is 10.2. The van der Waals surface area contributed by atoms with E-state index in [1.807, 2.05) is 11.8 Å². The highest BCUT2D eigenvalue weighted by Crippen LogP contribution is 2.34. The van der Waals surface area contributed by atoms with Gasteiger partial charge in [0.25, 0.3) is 0 Å². The van der Waals surface area contributed by atoms with Crippen LogP contribution in [0.2, 0.25) is 0 Å². The Kier molecular flexibility index (Phi) is 5.36. The maximum Gasteiger partial charge on any atom is 0.0717 e. The maximum absolute atomic E-state index is 5.41. The quantitative estimate of drug-likeness (QED) is 0.789. The minimum absolute atomic E-state index is 0.593. The molecular formula is C14H21NOS. The molecule has 0 spiro atoms. The van der Waals surface area contributed by atoms with Crippen LogP contribution in [0.4, 0.5) is 0 Å². The number of rotatable bonds is 6. The summed E-state index contributed by atoms with van der Waals surface area (Å²) in [5, 5.41) is 0.842. The van der Waals surface area contributed by atoms with Crippen LogP contribution in [0.25, 0.3) is 0 Å². The Morgan fingerprint density at radius 1 is 1.18 bits per heavy atom. The molecule has 1 aromatic rings. The first kappa shape index (κ1) is 12.9. The van der Waals surface area contributed by atoms with Crippen molar-refractivity contribution < 1.29 is 4.74 Å². The number of thioether (sulfide) groups is 1. The molecule has 0 bridgehead atoms. The van der Waals surface area contributed by atoms with Crippen LogP contribution in [0.15, 0.2) is 29.2 Å². The summed E-state index contributed by atoms with van der Waals surface area (Å²) >= 11 is 2.03. The van der Waals surface area contributed by atoms with Crippen molar-refractivity contribution >= 4 is 11.8 Å². The molecule has 0 atom stereocenters. The molecule has 0 radical (unpaired) electrons. The average Bonchev–Trinajstić information content (AvgIpc) is 2.85. The first-order valence-corrected chi connectivity index (χ1v) is 7.30. The molecule has 2 N–H and O–H groups in total. The van der Waals surface area contributed by atoms with Crippen LogP contribution in [0.1, 0.15) is 31.2 Å². The van der Waals surface area contributed by atoms with Crippen molar-refractivity contribution in [3.05, 3.63) is 29.8 Å². The Morgan fingerprint density at radius 2 is 1.88 bits per heavy atom. The molecular weight excluding hydrogens is 230 g/mol. The van der Waals surface area contributed by atoms with Crippen molar-refractivity contribution in [2.45, 2.75) is 42.4 Å². The van der Waals surface area contributed by atoms with Gasteiger partial charge >= 0.3 is 0 Å². The van der Waals surface area contributed by atoms with Crippen molar-refractivity contribution in [3.8, 4) is 0 Å². The van der Waals surface area contributed by atoms with E-state index in [0.29, 0.717) is 19.8 Å². The molecule has 0 unspecified atom stereocenters. The maximum atomic E-state index is 5.41. The Bertz CT molecular complexity index is 319. The predicted molar refractivity (Wildman–Crippen MR) is 73.3 cm³/mol. The fourth-order valence-electron chi connectivity index (χ4n) is 2.14. The van der Waals surface area contributed by atoms with Crippen molar-refractivity contribution in [2.75, 3.05) is 13.2 Å². The van der Waals surface area contributed by atoms with Crippen molar-refractivity contribution in [1.29, 1.82) is 0 Å². The minimum Gasteiger partial charge on any atom is -0.375 e. The number of nitrogens with two attached hydrogens (primary N) is 1. The zero-order chi connectivity index (χ0) is 11.9. The lowest BCUT2D eigenvalue weighted by Crippen LogP contribution is -2.08. The van der Waals surface area contributed by atoms with Gasteiger partial charge < -0.3 is 10.5 Å². The minimum atomic E-state index is 0.593. The van der Waals surface area contributed by atoms with Gasteiger partial charge in [0.15, 0.2) is 0 Å². The third kappa shape index (κ3) is 4.34. The second kappa shape index (κ2) is 7.04. The topological polar surface area (TPSA) is 35.2 Å². The van der Waals surface area contributed by atoms with Gasteiger partial charge in [0.2, 0.25) is 0 Å². The Balaban J connectivity index is 1.80. The molecule has 1 saturated carbocycles. The summed E-state index contributed by atoms with van der Waals surface area (Å²) in [6.45, 7) is 1.90. The van der Waals surface area contributed by atoms with Gasteiger partial charge in [-0.2, -0.15) is 0 Å². The van der Waals surface area contributed by atoms with E-state index in [4.69, 9.17) is 10.5 Å². The molecule has 17 heavy (non-hydrogen) atoms. The highest BCUT2D eigenvalue weighted by atomic mass is 32.2. The van der Waals surface area contributed by atoms with Gasteiger partial charge in [0.05, 0.1) is 13.2 Å². The lowest BCUT2D eigenvalue weighted by atomic mass is 10.2. The van der Waals surface area contributed by atoms with Gasteiger partial charge in [-0.3, -0.25) is 0 Å². The van der Waals surface area contributed by atoms with Crippen LogP contribution in [-0.4, -0.2) is 18.4 Å². The van der Waals surface area contributed by atoms with Crippen LogP contribution in [0, 0.1) is 0 Å². The average molecular weight is 251 g/mol. The van der Waals surface area contributed by atoms with Crippen molar-refractivity contribution in [3.63, 3.8) is 0 Å². The van der Waals surface area contributed by atoms with Crippen LogP contribution in [0.5, 0.6) is 0 Å². The van der Waals surface area contributed by atoms with E-state index in [-0.39, 0.29) is 0 Å². The molecule has 0 heterocycles. The van der Waals surface area contributed by atoms with E-state index < -0.39 is 0 Å². The number of hydrogen-bond acceptors (Lipinski definition) is 3. The van der Waals surface area contributed by atoms with E-state index in [1.54, 1.807) is 0 Å². The van der Waals surface area contributed by atoms with Crippen LogP contribution in [0.3, 0.4) is 0 Å². The van der Waals surface area contributed by atoms with E-state index in [9.17, 15) is 0 Å². The first-order chi connectivity index (χ1) is 8.38. The standard InChI is InChI=1S/C14H21NOS/c15-9-10-16-11-12-5-7-14(8-6-12)17-13-3-1-2-4-13/h5-8,13H,1-4,9-11,15H2. The third-order valence-corrected chi connectivity index (χ3v) is 4.41. The van der Waals surface area contributed by atoms with Gasteiger partial charge in [0, 0.05) is 16.7 Å². The number of hydrogen-bond donors (Lipinski definition) is 1. The fourth-order valence-corrected chi connectivity index (χ4v) is 3.38. The summed E-state index contributed by atoms with van der Waals surface area (Å²) in [6.07, 6.45) is 5.57. The molecule has 1 aromatic carbocycles. The SMILES string of the molecule is NCCOCc1ccc(SC2CCCC2)cc1. The molecule has 1 aliphatic carbocycles. The second-order valence-corrected chi connectivity index (χ2v) is 5.88. The van der Waals surface area contributed by atoms with E-state index in [0.717, 1.165) is 5.25 Å². The van der Waals surface area contributed by atoms with Gasteiger partial charge in [-0.05, 0) is 30.5 Å². The highest BCUT2D eigenvalue weighted by molar-refractivity contribution is 8.00. The normalized spacial score (nSPS) is 16.5. The molecule has 3 heteroatoms.